The molecule has 1 aromatic carbocycles. The van der Waals surface area contributed by atoms with E-state index >= 15 is 0 Å². The molecule has 1 unspecified atom stereocenters. The average molecular weight is 207 g/mol. The molecule has 0 N–H and O–H groups in total. The molecule has 0 aliphatic carbocycles. The summed E-state index contributed by atoms with van der Waals surface area (Å²) in [5.41, 5.74) is 1.23. The predicted molar refractivity (Wildman–Crippen MR) is 62.9 cm³/mol. The number of rotatable bonds is 4. The highest BCUT2D eigenvalue weighted by Gasteiger charge is 2.06. The van der Waals surface area contributed by atoms with E-state index in [1.807, 2.05) is 24.3 Å². The number of ether oxygens (including phenoxy) is 1. The lowest BCUT2D eigenvalue weighted by atomic mass is 10.0. The number of hydrogen-bond acceptors (Lipinski definition) is 3. The molecule has 2 nitrogen and oxygen atoms in total. The van der Waals surface area contributed by atoms with E-state index in [-0.39, 0.29) is 0 Å². The van der Waals surface area contributed by atoms with Crippen molar-refractivity contribution in [1.29, 1.82) is 0 Å². The fourth-order valence-corrected chi connectivity index (χ4v) is 1.56. The summed E-state index contributed by atoms with van der Waals surface area (Å²) in [5.74, 6) is 1.24. The summed E-state index contributed by atoms with van der Waals surface area (Å²) in [6.07, 6.45) is 0. The van der Waals surface area contributed by atoms with Gasteiger partial charge in [0.15, 0.2) is 7.98 Å². The maximum Gasteiger partial charge on any atom is 0.199 e. The quantitative estimate of drug-likeness (QED) is 0.599. The van der Waals surface area contributed by atoms with E-state index in [0.29, 0.717) is 5.92 Å². The molecule has 1 atom stereocenters. The molecule has 0 aromatic heterocycles. The summed E-state index contributed by atoms with van der Waals surface area (Å²) in [5, 5.41) is 0. The van der Waals surface area contributed by atoms with Gasteiger partial charge in [-0.3, -0.25) is 0 Å². The standard InChI is InChI=1S/C10H14BNOS/c1-8(7-12(11)14)9-3-5-10(13-2)6-4-9/h3-6,8,14H,7H2,1-2H3. The summed E-state index contributed by atoms with van der Waals surface area (Å²) < 4.78 is 6.48. The van der Waals surface area contributed by atoms with Gasteiger partial charge in [0, 0.05) is 6.54 Å². The van der Waals surface area contributed by atoms with Crippen molar-refractivity contribution in [3.8, 4) is 5.75 Å². The van der Waals surface area contributed by atoms with E-state index in [0.717, 1.165) is 12.3 Å². The first kappa shape index (κ1) is 11.5. The van der Waals surface area contributed by atoms with Gasteiger partial charge in [0.2, 0.25) is 0 Å². The Labute approximate surface area is 92.2 Å². The van der Waals surface area contributed by atoms with Gasteiger partial charge < -0.3 is 8.95 Å². The van der Waals surface area contributed by atoms with Gasteiger partial charge in [-0.05, 0) is 23.6 Å². The maximum atomic E-state index is 5.46. The molecule has 74 valence electrons. The maximum absolute atomic E-state index is 5.46. The number of thiol groups is 1. The van der Waals surface area contributed by atoms with E-state index in [9.17, 15) is 0 Å². The van der Waals surface area contributed by atoms with Crippen LogP contribution in [-0.4, -0.2) is 25.9 Å². The molecule has 1 aromatic rings. The van der Waals surface area contributed by atoms with Crippen LogP contribution in [0, 0.1) is 0 Å². The second-order valence-electron chi connectivity index (χ2n) is 3.30. The highest BCUT2D eigenvalue weighted by molar-refractivity contribution is 7.78. The number of nitrogens with zero attached hydrogens (tertiary/aromatic N) is 1. The monoisotopic (exact) mass is 207 g/mol. The summed E-state index contributed by atoms with van der Waals surface area (Å²) in [7, 11) is 7.12. The van der Waals surface area contributed by atoms with Crippen molar-refractivity contribution in [2.24, 2.45) is 0 Å². The first-order valence-corrected chi connectivity index (χ1v) is 4.88. The van der Waals surface area contributed by atoms with E-state index in [1.54, 1.807) is 7.11 Å². The lowest BCUT2D eigenvalue weighted by molar-refractivity contribution is 0.414. The molecule has 0 fully saturated rings. The van der Waals surface area contributed by atoms with Gasteiger partial charge in [-0.15, -0.1) is 12.8 Å². The largest absolute Gasteiger partial charge is 0.497 e. The second kappa shape index (κ2) is 5.32. The Bertz CT molecular complexity index is 276. The van der Waals surface area contributed by atoms with Crippen LogP contribution < -0.4 is 4.74 Å². The Morgan fingerprint density at radius 2 is 2.00 bits per heavy atom. The minimum Gasteiger partial charge on any atom is -0.497 e. The van der Waals surface area contributed by atoms with E-state index in [4.69, 9.17) is 12.7 Å². The van der Waals surface area contributed by atoms with Crippen molar-refractivity contribution in [3.05, 3.63) is 29.8 Å². The van der Waals surface area contributed by atoms with Gasteiger partial charge in [0.1, 0.15) is 5.75 Å². The molecule has 14 heavy (non-hydrogen) atoms. The zero-order valence-electron chi connectivity index (χ0n) is 8.47. The normalized spacial score (nSPS) is 12.9. The minimum atomic E-state index is 0.364. The number of methoxy groups -OCH3 is 1. The molecule has 0 aliphatic heterocycles. The second-order valence-corrected chi connectivity index (χ2v) is 3.81. The zero-order chi connectivity index (χ0) is 10.6. The predicted octanol–water partition coefficient (Wildman–Crippen LogP) is 2.03. The molecular formula is C10H14BNOS. The Hall–Kier alpha value is -0.605. The van der Waals surface area contributed by atoms with Gasteiger partial charge in [-0.25, -0.2) is 0 Å². The highest BCUT2D eigenvalue weighted by atomic mass is 32.1. The third kappa shape index (κ3) is 3.27. The molecular weight excluding hydrogens is 193 g/mol. The van der Waals surface area contributed by atoms with E-state index in [1.165, 1.54) is 9.78 Å². The van der Waals surface area contributed by atoms with Crippen molar-refractivity contribution >= 4 is 20.8 Å². The summed E-state index contributed by atoms with van der Waals surface area (Å²) in [6, 6.07) is 7.98. The Kier molecular flexibility index (Phi) is 4.36. The summed E-state index contributed by atoms with van der Waals surface area (Å²) >= 11 is 4.01. The van der Waals surface area contributed by atoms with Gasteiger partial charge in [0.25, 0.3) is 0 Å². The number of hydrogen-bond donors (Lipinski definition) is 1. The SMILES string of the molecule is [B]N(S)CC(C)c1ccc(OC)cc1. The lowest BCUT2D eigenvalue weighted by Gasteiger charge is -2.16. The molecule has 1 rings (SSSR count). The smallest absolute Gasteiger partial charge is 0.199 e. The first-order valence-electron chi connectivity index (χ1n) is 4.48. The molecule has 0 bridgehead atoms. The van der Waals surface area contributed by atoms with Crippen LogP contribution in [0.2, 0.25) is 0 Å². The number of benzene rings is 1. The average Bonchev–Trinajstić information content (AvgIpc) is 2.17. The minimum absolute atomic E-state index is 0.364. The fourth-order valence-electron chi connectivity index (χ4n) is 1.32. The van der Waals surface area contributed by atoms with Crippen LogP contribution in [0.1, 0.15) is 18.4 Å². The molecule has 0 saturated heterocycles. The van der Waals surface area contributed by atoms with Crippen molar-refractivity contribution in [1.82, 2.24) is 4.22 Å². The van der Waals surface area contributed by atoms with Crippen molar-refractivity contribution < 1.29 is 4.74 Å². The van der Waals surface area contributed by atoms with Crippen molar-refractivity contribution in [2.45, 2.75) is 12.8 Å². The topological polar surface area (TPSA) is 12.5 Å². The van der Waals surface area contributed by atoms with Crippen LogP contribution in [-0.2, 0) is 0 Å². The molecule has 0 heterocycles. The third-order valence-corrected chi connectivity index (χ3v) is 2.31. The van der Waals surface area contributed by atoms with E-state index < -0.39 is 0 Å². The Balaban J connectivity index is 2.66. The first-order chi connectivity index (χ1) is 6.63. The summed E-state index contributed by atoms with van der Waals surface area (Å²) in [6.45, 7) is 2.83. The lowest BCUT2D eigenvalue weighted by Crippen LogP contribution is -2.15. The van der Waals surface area contributed by atoms with Gasteiger partial charge >= 0.3 is 0 Å². The summed E-state index contributed by atoms with van der Waals surface area (Å²) in [4.78, 5) is 0. The molecule has 2 radical (unpaired) electrons. The fraction of sp³-hybridized carbons (Fsp3) is 0.400. The molecule has 0 amide bonds. The van der Waals surface area contributed by atoms with Crippen molar-refractivity contribution in [3.63, 3.8) is 0 Å². The molecule has 0 spiro atoms. The third-order valence-electron chi connectivity index (χ3n) is 2.15. The molecule has 0 aliphatic rings. The molecule has 4 heteroatoms. The Morgan fingerprint density at radius 1 is 1.43 bits per heavy atom. The highest BCUT2D eigenvalue weighted by Crippen LogP contribution is 2.19. The van der Waals surface area contributed by atoms with E-state index in [2.05, 4.69) is 19.7 Å². The van der Waals surface area contributed by atoms with Crippen LogP contribution in [0.25, 0.3) is 0 Å². The van der Waals surface area contributed by atoms with Gasteiger partial charge in [-0.2, -0.15) is 0 Å². The van der Waals surface area contributed by atoms with Gasteiger partial charge in [0.05, 0.1) is 7.11 Å². The van der Waals surface area contributed by atoms with Crippen LogP contribution in [0.5, 0.6) is 5.75 Å². The van der Waals surface area contributed by atoms with Crippen molar-refractivity contribution in [2.75, 3.05) is 13.7 Å². The molecule has 0 saturated carbocycles. The van der Waals surface area contributed by atoms with Crippen LogP contribution in [0.3, 0.4) is 0 Å². The van der Waals surface area contributed by atoms with Crippen LogP contribution in [0.4, 0.5) is 0 Å². The Morgan fingerprint density at radius 3 is 2.43 bits per heavy atom. The van der Waals surface area contributed by atoms with Gasteiger partial charge in [-0.1, -0.05) is 19.1 Å². The van der Waals surface area contributed by atoms with Crippen LogP contribution >= 0.6 is 12.8 Å². The zero-order valence-corrected chi connectivity index (χ0v) is 9.37. The van der Waals surface area contributed by atoms with Crippen LogP contribution in [0.15, 0.2) is 24.3 Å².